The standard InChI is InChI=1S/C28H30FN7O3S/c1-34(2)40(38,39)22-9-7-21(8-10-22)32-26-25-24(11-16-31-27(25)37)36(33-26)28(12-15-30)13-17-35(18-14-28)19-20-5-3-4-6-23(20)29/h3-11,16H,12-14,17-19H2,1-2H3,(H,31,37)(H,32,33). The van der Waals surface area contributed by atoms with E-state index >= 15 is 0 Å². The fourth-order valence-corrected chi connectivity index (χ4v) is 6.09. The average Bonchev–Trinajstić information content (AvgIpc) is 3.31. The van der Waals surface area contributed by atoms with Gasteiger partial charge in [0.25, 0.3) is 5.56 Å². The fourth-order valence-electron chi connectivity index (χ4n) is 5.19. The van der Waals surface area contributed by atoms with Gasteiger partial charge in [0.15, 0.2) is 5.82 Å². The number of hydrogen-bond donors (Lipinski definition) is 2. The summed E-state index contributed by atoms with van der Waals surface area (Å²) in [6.45, 7) is 1.73. The van der Waals surface area contributed by atoms with Gasteiger partial charge < -0.3 is 10.3 Å². The van der Waals surface area contributed by atoms with Gasteiger partial charge >= 0.3 is 0 Å². The van der Waals surface area contributed by atoms with Crippen LogP contribution in [0.4, 0.5) is 15.9 Å². The van der Waals surface area contributed by atoms with Gasteiger partial charge in [-0.1, -0.05) is 18.2 Å². The van der Waals surface area contributed by atoms with Crippen LogP contribution in [0.2, 0.25) is 0 Å². The van der Waals surface area contributed by atoms with Crippen molar-refractivity contribution in [3.63, 3.8) is 0 Å². The minimum atomic E-state index is -3.58. The molecule has 3 heterocycles. The molecule has 0 aliphatic carbocycles. The molecule has 1 aliphatic heterocycles. The van der Waals surface area contributed by atoms with Gasteiger partial charge in [-0.05, 0) is 49.2 Å². The van der Waals surface area contributed by atoms with Crippen molar-refractivity contribution in [2.24, 2.45) is 0 Å². The van der Waals surface area contributed by atoms with E-state index in [0.717, 1.165) is 4.31 Å². The third-order valence-electron chi connectivity index (χ3n) is 7.50. The molecule has 5 rings (SSSR count). The molecule has 0 radical (unpaired) electrons. The van der Waals surface area contributed by atoms with E-state index in [1.54, 1.807) is 41.2 Å². The summed E-state index contributed by atoms with van der Waals surface area (Å²) in [7, 11) is -0.652. The summed E-state index contributed by atoms with van der Waals surface area (Å²) in [6, 6.07) is 17.0. The monoisotopic (exact) mass is 563 g/mol. The van der Waals surface area contributed by atoms with Crippen molar-refractivity contribution in [1.82, 2.24) is 24.0 Å². The molecule has 0 atom stereocenters. The van der Waals surface area contributed by atoms with Gasteiger partial charge in [-0.3, -0.25) is 14.4 Å². The van der Waals surface area contributed by atoms with Crippen LogP contribution in [-0.4, -0.2) is 59.6 Å². The largest absolute Gasteiger partial charge is 0.338 e. The number of nitriles is 1. The molecule has 0 spiro atoms. The lowest BCUT2D eigenvalue weighted by Crippen LogP contribution is -2.46. The first-order valence-corrected chi connectivity index (χ1v) is 14.3. The average molecular weight is 564 g/mol. The number of hydrogen-bond acceptors (Lipinski definition) is 7. The van der Waals surface area contributed by atoms with Gasteiger partial charge in [0.1, 0.15) is 11.2 Å². The van der Waals surface area contributed by atoms with E-state index in [-0.39, 0.29) is 22.7 Å². The van der Waals surface area contributed by atoms with Crippen LogP contribution in [-0.2, 0) is 22.1 Å². The fraction of sp³-hybridized carbons (Fsp3) is 0.321. The minimum absolute atomic E-state index is 0.145. The topological polar surface area (TPSA) is 127 Å². The Morgan fingerprint density at radius 1 is 1.12 bits per heavy atom. The van der Waals surface area contributed by atoms with E-state index in [0.29, 0.717) is 60.4 Å². The molecule has 0 amide bonds. The molecule has 1 saturated heterocycles. The first-order chi connectivity index (χ1) is 19.1. The smallest absolute Gasteiger partial charge is 0.261 e. The predicted octanol–water partition coefficient (Wildman–Crippen LogP) is 3.76. The Morgan fingerprint density at radius 3 is 2.48 bits per heavy atom. The number of H-pyrrole nitrogens is 1. The maximum absolute atomic E-state index is 14.2. The van der Waals surface area contributed by atoms with E-state index in [1.807, 2.05) is 6.07 Å². The van der Waals surface area contributed by atoms with Crippen molar-refractivity contribution in [3.8, 4) is 6.07 Å². The number of benzene rings is 2. The minimum Gasteiger partial charge on any atom is -0.338 e. The van der Waals surface area contributed by atoms with E-state index in [4.69, 9.17) is 5.10 Å². The number of aromatic amines is 1. The third kappa shape index (κ3) is 5.11. The van der Waals surface area contributed by atoms with Crippen molar-refractivity contribution < 1.29 is 12.8 Å². The van der Waals surface area contributed by atoms with E-state index in [1.165, 1.54) is 32.3 Å². The molecular weight excluding hydrogens is 533 g/mol. The summed E-state index contributed by atoms with van der Waals surface area (Å²) >= 11 is 0. The molecule has 208 valence electrons. The first kappa shape index (κ1) is 27.5. The molecule has 4 aromatic rings. The SMILES string of the molecule is CN(C)S(=O)(=O)c1ccc(Nc2nn(C3(CC#N)CCN(Cc4ccccc4F)CC3)c3cc[nH]c(=O)c23)cc1. The number of piperidine rings is 1. The molecule has 0 unspecified atom stereocenters. The number of fused-ring (bicyclic) bond motifs is 1. The highest BCUT2D eigenvalue weighted by Crippen LogP contribution is 2.38. The second kappa shape index (κ2) is 10.8. The molecule has 1 aliphatic rings. The quantitative estimate of drug-likeness (QED) is 0.334. The zero-order chi connectivity index (χ0) is 28.5. The molecule has 1 fully saturated rings. The molecule has 2 N–H and O–H groups in total. The number of aromatic nitrogens is 3. The van der Waals surface area contributed by atoms with Gasteiger partial charge in [-0.2, -0.15) is 10.4 Å². The highest BCUT2D eigenvalue weighted by atomic mass is 32.2. The third-order valence-corrected chi connectivity index (χ3v) is 9.32. The van der Waals surface area contributed by atoms with Crippen molar-refractivity contribution in [2.75, 3.05) is 32.5 Å². The number of pyridine rings is 1. The molecule has 2 aromatic heterocycles. The number of nitrogens with one attached hydrogen (secondary N) is 2. The number of likely N-dealkylation sites (tertiary alicyclic amines) is 1. The lowest BCUT2D eigenvalue weighted by Gasteiger charge is -2.41. The van der Waals surface area contributed by atoms with Crippen LogP contribution in [0, 0.1) is 17.1 Å². The summed E-state index contributed by atoms with van der Waals surface area (Å²) in [5.41, 5.74) is 0.789. The van der Waals surface area contributed by atoms with Crippen molar-refractivity contribution in [2.45, 2.75) is 36.2 Å². The Hall–Kier alpha value is -4.05. The maximum atomic E-state index is 14.2. The normalized spacial score (nSPS) is 15.8. The van der Waals surface area contributed by atoms with Crippen LogP contribution < -0.4 is 10.9 Å². The van der Waals surface area contributed by atoms with Gasteiger partial charge in [0.2, 0.25) is 10.0 Å². The van der Waals surface area contributed by atoms with Crippen LogP contribution in [0.15, 0.2) is 70.5 Å². The number of sulfonamides is 1. The van der Waals surface area contributed by atoms with Crippen molar-refractivity contribution in [1.29, 1.82) is 5.26 Å². The number of rotatable bonds is 8. The highest BCUT2D eigenvalue weighted by Gasteiger charge is 2.39. The second-order valence-corrected chi connectivity index (χ2v) is 12.3. The summed E-state index contributed by atoms with van der Waals surface area (Å²) in [5, 5.41) is 18.1. The zero-order valence-corrected chi connectivity index (χ0v) is 23.1. The predicted molar refractivity (Wildman–Crippen MR) is 150 cm³/mol. The van der Waals surface area contributed by atoms with Gasteiger partial charge in [-0.15, -0.1) is 0 Å². The lowest BCUT2D eigenvalue weighted by atomic mass is 9.84. The summed E-state index contributed by atoms with van der Waals surface area (Å²) in [5.74, 6) is 0.0721. The zero-order valence-electron chi connectivity index (χ0n) is 22.3. The molecule has 12 heteroatoms. The van der Waals surface area contributed by atoms with Gasteiger partial charge in [-0.25, -0.2) is 17.1 Å². The number of nitrogens with zero attached hydrogens (tertiary/aromatic N) is 5. The Morgan fingerprint density at radius 2 is 1.82 bits per heavy atom. The summed E-state index contributed by atoms with van der Waals surface area (Å²) in [6.07, 6.45) is 2.94. The van der Waals surface area contributed by atoms with Crippen LogP contribution in [0.5, 0.6) is 0 Å². The Balaban J connectivity index is 1.46. The summed E-state index contributed by atoms with van der Waals surface area (Å²) < 4.78 is 42.0. The van der Waals surface area contributed by atoms with E-state index < -0.39 is 15.6 Å². The Kier molecular flexibility index (Phi) is 7.46. The molecule has 2 aromatic carbocycles. The molecule has 40 heavy (non-hydrogen) atoms. The van der Waals surface area contributed by atoms with Crippen molar-refractivity contribution >= 4 is 32.4 Å². The Labute approximate surface area is 231 Å². The molecule has 10 nitrogen and oxygen atoms in total. The summed E-state index contributed by atoms with van der Waals surface area (Å²) in [4.78, 5) is 18.0. The van der Waals surface area contributed by atoms with Gasteiger partial charge in [0.05, 0.1) is 28.4 Å². The molecule has 0 bridgehead atoms. The maximum Gasteiger partial charge on any atom is 0.261 e. The lowest BCUT2D eigenvalue weighted by molar-refractivity contribution is 0.101. The van der Waals surface area contributed by atoms with Crippen LogP contribution in [0.1, 0.15) is 24.8 Å². The Bertz CT molecular complexity index is 1730. The van der Waals surface area contributed by atoms with E-state index in [9.17, 15) is 22.9 Å². The number of halogens is 1. The van der Waals surface area contributed by atoms with Crippen LogP contribution >= 0.6 is 0 Å². The van der Waals surface area contributed by atoms with Gasteiger partial charge in [0, 0.05) is 51.2 Å². The van der Waals surface area contributed by atoms with E-state index in [2.05, 4.69) is 21.3 Å². The second-order valence-electron chi connectivity index (χ2n) is 10.2. The van der Waals surface area contributed by atoms with Crippen LogP contribution in [0.3, 0.4) is 0 Å². The molecule has 0 saturated carbocycles. The van der Waals surface area contributed by atoms with Crippen molar-refractivity contribution in [3.05, 3.63) is 82.5 Å². The number of anilines is 2. The van der Waals surface area contributed by atoms with Crippen LogP contribution in [0.25, 0.3) is 10.9 Å². The molecular formula is C28H30FN7O3S. The first-order valence-electron chi connectivity index (χ1n) is 12.9. The highest BCUT2D eigenvalue weighted by molar-refractivity contribution is 7.89.